The Bertz CT molecular complexity index is 3960. The number of aliphatic hydroxyl groups is 4. The van der Waals surface area contributed by atoms with Crippen molar-refractivity contribution in [1.29, 1.82) is 0 Å². The van der Waals surface area contributed by atoms with Crippen molar-refractivity contribution in [3.8, 4) is 0 Å². The standard InChI is InChI=1S/C22H24F2N2O7.C17H18F2N2O6.C14H18N2O7.C8H7BrF2.CH4O.H3N.4Y/c1-4-16-18(31-13(2)27)19(32-14(3)28)20(33-16)25-11-10-17(29)26(21(25)30)12-22(23,24)15-8-6-5-7-9-15;18-17(19,10-4-2-1-3-5-10)9-21-12(23)6-7-20(16(21)26)15-14(25)13(24)11(8-22)27-15;1-4-9-11(21-7(2)17)12(22-8(3)18)13(23-9)16-6-5-10(19)15-14(16)20;9-6-8(10,11)7-4-2-1-3-5-7;1-2;;;;;/h5-11,16,18-20H,4,12H2,1-3H3;1-7,11,13-15,22,24-25H,8-9H2;5-6,9,11-13H,4H2,1-3H3,(H,15,19,20);1-5H,6H2;2H,1H3;1H3;;;;/t16?,18-,19?,20?;11?,13-,14?,15?;9?,11-,12?,13?;;;;;;;/m000......./s1. The topological polar surface area (TPSA) is 392 Å². The monoisotopic (exact) mass is 1800 g/mol. The Morgan fingerprint density at radius 1 is 0.485 bits per heavy atom. The van der Waals surface area contributed by atoms with Gasteiger partial charge in [-0.1, -0.05) is 121 Å². The number of H-pyrrole nitrogens is 1. The Morgan fingerprint density at radius 3 is 1.12 bits per heavy atom. The Kier molecular flexibility index (Phi) is 42.8. The van der Waals surface area contributed by atoms with Crippen LogP contribution in [0.25, 0.3) is 0 Å². The third kappa shape index (κ3) is 26.0. The molecule has 4 radical (unpaired) electrons. The predicted octanol–water partition coefficient (Wildman–Crippen LogP) is 4.03. The maximum atomic E-state index is 14.8. The van der Waals surface area contributed by atoms with Gasteiger partial charge >= 0.3 is 40.9 Å². The quantitative estimate of drug-likeness (QED) is 0.0306. The van der Waals surface area contributed by atoms with Crippen LogP contribution in [0.4, 0.5) is 26.3 Å². The number of aliphatic hydroxyl groups excluding tert-OH is 4. The molecule has 6 heterocycles. The molecule has 544 valence electrons. The van der Waals surface area contributed by atoms with Crippen LogP contribution < -0.4 is 39.9 Å². The van der Waals surface area contributed by atoms with Crippen LogP contribution in [-0.4, -0.2) is 146 Å². The number of aromatic nitrogens is 6. The largest absolute Gasteiger partial charge is 0.456 e. The van der Waals surface area contributed by atoms with E-state index in [0.29, 0.717) is 22.0 Å². The van der Waals surface area contributed by atoms with Gasteiger partial charge in [0.25, 0.3) is 34.4 Å². The van der Waals surface area contributed by atoms with E-state index in [0.717, 1.165) is 58.3 Å². The van der Waals surface area contributed by atoms with Gasteiger partial charge in [0.15, 0.2) is 43.1 Å². The molecule has 0 amide bonds. The number of hydrogen-bond donors (Lipinski definition) is 6. The molecule has 3 aliphatic heterocycles. The number of ether oxygens (including phenoxy) is 7. The summed E-state index contributed by atoms with van der Waals surface area (Å²) in [6, 6.07) is 24.3. The van der Waals surface area contributed by atoms with Gasteiger partial charge in [0.2, 0.25) is 0 Å². The Hall–Kier alpha value is -4.26. The molecule has 9 rings (SSSR count). The van der Waals surface area contributed by atoms with Gasteiger partial charge in [0.1, 0.15) is 30.5 Å². The van der Waals surface area contributed by atoms with E-state index in [1.54, 1.807) is 37.3 Å². The zero-order chi connectivity index (χ0) is 71.6. The minimum Gasteiger partial charge on any atom is -0.456 e. The number of aromatic amines is 1. The average molecular weight is 1800 g/mol. The second-order valence-corrected chi connectivity index (χ2v) is 21.8. The van der Waals surface area contributed by atoms with E-state index in [2.05, 4.69) is 20.9 Å². The first-order valence-electron chi connectivity index (χ1n) is 29.2. The fourth-order valence-electron chi connectivity index (χ4n) is 10.0. The number of benzene rings is 3. The van der Waals surface area contributed by atoms with Crippen LogP contribution in [0.5, 0.6) is 0 Å². The van der Waals surface area contributed by atoms with Crippen molar-refractivity contribution in [3.63, 3.8) is 0 Å². The van der Waals surface area contributed by atoms with E-state index in [1.807, 2.05) is 6.92 Å². The molecule has 3 aromatic carbocycles. The van der Waals surface area contributed by atoms with Crippen LogP contribution in [0.15, 0.2) is 157 Å². The molecule has 101 heavy (non-hydrogen) atoms. The van der Waals surface area contributed by atoms with Crippen molar-refractivity contribution < 1.29 is 230 Å². The number of carbonyl (C=O) groups excluding carboxylic acids is 4. The average Bonchev–Trinajstić information content (AvgIpc) is 1.64. The molecule has 0 spiro atoms. The smallest absolute Gasteiger partial charge is 0.333 e. The molecule has 3 fully saturated rings. The summed E-state index contributed by atoms with van der Waals surface area (Å²) in [4.78, 5) is 121. The Labute approximate surface area is 681 Å². The van der Waals surface area contributed by atoms with Crippen LogP contribution in [0.2, 0.25) is 0 Å². The molecule has 3 aliphatic rings. The van der Waals surface area contributed by atoms with Gasteiger partial charge in [0.05, 0.1) is 25.0 Å². The SMILES string of the molecule is CCC1OC(n2ccc(=O)[nH]c2=O)C(OC(C)=O)[C@H]1OC(C)=O.CCC1OC(n2ccc(=O)n(CC(F)(F)c3ccccc3)c2=O)C(OC(C)=O)[C@H]1OC(C)=O.CO.FC(F)(CBr)c1ccccc1.N.O=c1ccn(C2OC(CO)[C@H](O)C2O)c(=O)n1CC(F)(F)c1ccccc1.[Y].[Y].[Y].[Y]. The second kappa shape index (κ2) is 44.6. The summed E-state index contributed by atoms with van der Waals surface area (Å²) in [6.45, 7) is 5.26. The third-order valence-corrected chi connectivity index (χ3v) is 15.1. The van der Waals surface area contributed by atoms with Crippen molar-refractivity contribution in [1.82, 2.24) is 34.0 Å². The molecule has 0 aliphatic carbocycles. The predicted molar refractivity (Wildman–Crippen MR) is 333 cm³/mol. The molecule has 0 saturated carbocycles. The summed E-state index contributed by atoms with van der Waals surface area (Å²) in [5.74, 6) is -12.3. The number of rotatable bonds is 18. The van der Waals surface area contributed by atoms with Crippen molar-refractivity contribution >= 4 is 39.8 Å². The first kappa shape index (κ1) is 96.7. The van der Waals surface area contributed by atoms with E-state index >= 15 is 0 Å². The molecular formula is C62H74BrF6N7O21Y4. The maximum absolute atomic E-state index is 14.8. The van der Waals surface area contributed by atoms with E-state index in [1.165, 1.54) is 87.6 Å². The van der Waals surface area contributed by atoms with Crippen LogP contribution in [0.1, 0.15) is 89.8 Å². The Morgan fingerprint density at radius 2 is 0.802 bits per heavy atom. The van der Waals surface area contributed by atoms with Crippen molar-refractivity contribution in [3.05, 3.63) is 207 Å². The zero-order valence-corrected chi connectivity index (χ0v) is 68.4. The minimum absolute atomic E-state index is 0. The number of esters is 4. The molecule has 39 heteroatoms. The molecule has 9 unspecified atom stereocenters. The summed E-state index contributed by atoms with van der Waals surface area (Å²) in [5.41, 5.74) is -6.03. The van der Waals surface area contributed by atoms with E-state index in [9.17, 15) is 84.5 Å². The Balaban J connectivity index is 0.00000135. The number of alkyl halides is 7. The van der Waals surface area contributed by atoms with Gasteiger partial charge in [-0.3, -0.25) is 61.4 Å². The second-order valence-electron chi connectivity index (χ2n) is 21.2. The molecule has 3 saturated heterocycles. The molecular weight excluding hydrogens is 1730 g/mol. The van der Waals surface area contributed by atoms with Gasteiger partial charge in [-0.15, -0.1) is 0 Å². The number of halogens is 7. The molecule has 6 aromatic rings. The summed E-state index contributed by atoms with van der Waals surface area (Å²) in [7, 11) is 1.00. The number of hydrogen-bond acceptors (Lipinski definition) is 22. The van der Waals surface area contributed by atoms with E-state index in [-0.39, 0.29) is 159 Å². The van der Waals surface area contributed by atoms with Crippen molar-refractivity contribution in [2.24, 2.45) is 0 Å². The molecule has 3 aromatic heterocycles. The fourth-order valence-corrected chi connectivity index (χ4v) is 10.3. The number of carbonyl (C=O) groups is 4. The normalized spacial score (nSPS) is 21.7. The van der Waals surface area contributed by atoms with Gasteiger partial charge in [0, 0.05) is 219 Å². The summed E-state index contributed by atoms with van der Waals surface area (Å²) < 4.78 is 126. The third-order valence-electron chi connectivity index (χ3n) is 14.4. The molecule has 8 N–H and O–H groups in total. The van der Waals surface area contributed by atoms with Crippen LogP contribution in [0.3, 0.4) is 0 Å². The first-order chi connectivity index (χ1) is 45.3. The van der Waals surface area contributed by atoms with Crippen molar-refractivity contribution in [2.75, 3.05) is 19.0 Å². The molecule has 12 atom stereocenters. The zero-order valence-electron chi connectivity index (χ0n) is 55.4. The van der Waals surface area contributed by atoms with Crippen LogP contribution >= 0.6 is 15.9 Å². The van der Waals surface area contributed by atoms with Gasteiger partial charge < -0.3 is 59.7 Å². The maximum Gasteiger partial charge on any atom is 0.333 e. The van der Waals surface area contributed by atoms with Gasteiger partial charge in [-0.2, -0.15) is 17.6 Å². The summed E-state index contributed by atoms with van der Waals surface area (Å²) >= 11 is 2.76. The summed E-state index contributed by atoms with van der Waals surface area (Å²) in [5, 5.41) is 35.6. The van der Waals surface area contributed by atoms with E-state index in [4.69, 9.17) is 43.4 Å². The molecule has 28 nitrogen and oxygen atoms in total. The minimum atomic E-state index is -3.51. The van der Waals surface area contributed by atoms with Crippen LogP contribution in [-0.2, 0) is 214 Å². The number of nitrogens with one attached hydrogen (secondary N) is 1. The fraction of sp³-hybridized carbons (Fsp3) is 0.452. The van der Waals surface area contributed by atoms with Crippen LogP contribution in [0, 0.1) is 0 Å². The first-order valence-corrected chi connectivity index (χ1v) is 30.3. The number of nitrogens with zero attached hydrogens (tertiary/aromatic N) is 5. The molecule has 0 bridgehead atoms. The summed E-state index contributed by atoms with van der Waals surface area (Å²) in [6.07, 6.45) is -9.19. The van der Waals surface area contributed by atoms with Gasteiger partial charge in [-0.25, -0.2) is 23.2 Å². The van der Waals surface area contributed by atoms with Gasteiger partial charge in [-0.05, 0) is 12.8 Å². The van der Waals surface area contributed by atoms with E-state index < -0.39 is 169 Å². The van der Waals surface area contributed by atoms with Crippen molar-refractivity contribution in [2.45, 2.75) is 159 Å².